The Morgan fingerprint density at radius 1 is 1.37 bits per heavy atom. The van der Waals surface area contributed by atoms with Gasteiger partial charge in [-0.1, -0.05) is 18.2 Å². The third kappa shape index (κ3) is 3.95. The molecule has 27 heavy (non-hydrogen) atoms. The van der Waals surface area contributed by atoms with E-state index in [1.54, 1.807) is 7.11 Å². The standard InChI is InChI=1S/C21H26N4O2/c1-27-19-7-3-2-5-15(19)8-9-20(26)25-12-10-17-16(14-25)13-23-21(24-17)18-6-4-11-22-18/h2-3,5,7,13,18,22H,4,6,8-12,14H2,1H3/t18-/m0/s1. The van der Waals surface area contributed by atoms with Crippen LogP contribution in [0.25, 0.3) is 0 Å². The Hall–Kier alpha value is -2.47. The summed E-state index contributed by atoms with van der Waals surface area (Å²) in [5, 5.41) is 3.45. The summed E-state index contributed by atoms with van der Waals surface area (Å²) in [4.78, 5) is 23.9. The molecule has 1 fully saturated rings. The molecule has 1 saturated heterocycles. The molecular weight excluding hydrogens is 340 g/mol. The van der Waals surface area contributed by atoms with Crippen molar-refractivity contribution in [2.75, 3.05) is 20.2 Å². The second-order valence-corrected chi connectivity index (χ2v) is 7.23. The molecular formula is C21H26N4O2. The van der Waals surface area contributed by atoms with Crippen LogP contribution in [0.15, 0.2) is 30.5 Å². The number of carbonyl (C=O) groups excluding carboxylic acids is 1. The highest BCUT2D eigenvalue weighted by Crippen LogP contribution is 2.24. The average Bonchev–Trinajstić information content (AvgIpc) is 3.26. The lowest BCUT2D eigenvalue weighted by atomic mass is 10.0. The van der Waals surface area contributed by atoms with Gasteiger partial charge in [-0.2, -0.15) is 0 Å². The number of nitrogens with zero attached hydrogens (tertiary/aromatic N) is 3. The summed E-state index contributed by atoms with van der Waals surface area (Å²) in [5.41, 5.74) is 3.25. The van der Waals surface area contributed by atoms with Crippen molar-refractivity contribution in [2.45, 2.75) is 44.7 Å². The number of amides is 1. The normalized spacial score (nSPS) is 19.0. The van der Waals surface area contributed by atoms with Crippen molar-refractivity contribution in [3.8, 4) is 5.75 Å². The number of aryl methyl sites for hydroxylation is 1. The minimum absolute atomic E-state index is 0.174. The predicted octanol–water partition coefficient (Wildman–Crippen LogP) is 2.43. The molecule has 6 nitrogen and oxygen atoms in total. The number of aromatic nitrogens is 2. The fraction of sp³-hybridized carbons (Fsp3) is 0.476. The number of carbonyl (C=O) groups is 1. The maximum absolute atomic E-state index is 12.7. The van der Waals surface area contributed by atoms with Crippen LogP contribution in [-0.4, -0.2) is 41.0 Å². The van der Waals surface area contributed by atoms with E-state index in [2.05, 4.69) is 10.3 Å². The second-order valence-electron chi connectivity index (χ2n) is 7.23. The van der Waals surface area contributed by atoms with Crippen molar-refractivity contribution in [3.63, 3.8) is 0 Å². The fourth-order valence-corrected chi connectivity index (χ4v) is 3.93. The maximum atomic E-state index is 12.7. The number of para-hydroxylation sites is 1. The average molecular weight is 366 g/mol. The Morgan fingerprint density at radius 3 is 3.07 bits per heavy atom. The summed E-state index contributed by atoms with van der Waals surface area (Å²) in [6.07, 6.45) is 6.18. The van der Waals surface area contributed by atoms with E-state index in [9.17, 15) is 4.79 Å². The molecule has 2 aromatic rings. The lowest BCUT2D eigenvalue weighted by Gasteiger charge is -2.28. The van der Waals surface area contributed by atoms with Gasteiger partial charge in [-0.15, -0.1) is 0 Å². The van der Waals surface area contributed by atoms with E-state index in [-0.39, 0.29) is 11.9 Å². The van der Waals surface area contributed by atoms with Gasteiger partial charge < -0.3 is 15.0 Å². The second kappa shape index (κ2) is 8.05. The first-order valence-electron chi connectivity index (χ1n) is 9.72. The molecule has 6 heteroatoms. The topological polar surface area (TPSA) is 67.3 Å². The molecule has 1 amide bonds. The number of hydrogen-bond acceptors (Lipinski definition) is 5. The Bertz CT molecular complexity index is 818. The summed E-state index contributed by atoms with van der Waals surface area (Å²) in [6, 6.07) is 8.17. The molecule has 0 saturated carbocycles. The Balaban J connectivity index is 1.38. The van der Waals surface area contributed by atoms with Gasteiger partial charge in [-0.3, -0.25) is 4.79 Å². The van der Waals surface area contributed by atoms with Crippen LogP contribution in [0.3, 0.4) is 0 Å². The maximum Gasteiger partial charge on any atom is 0.223 e. The zero-order valence-corrected chi connectivity index (χ0v) is 15.8. The number of ether oxygens (including phenoxy) is 1. The fourth-order valence-electron chi connectivity index (χ4n) is 3.93. The highest BCUT2D eigenvalue weighted by Gasteiger charge is 2.25. The molecule has 1 aromatic heterocycles. The van der Waals surface area contributed by atoms with Gasteiger partial charge in [-0.05, 0) is 37.4 Å². The number of fused-ring (bicyclic) bond motifs is 1. The quantitative estimate of drug-likeness (QED) is 0.880. The van der Waals surface area contributed by atoms with Crippen LogP contribution in [0.1, 0.15) is 47.9 Å². The van der Waals surface area contributed by atoms with Crippen LogP contribution in [0.4, 0.5) is 0 Å². The molecule has 4 rings (SSSR count). The largest absolute Gasteiger partial charge is 0.496 e. The molecule has 0 spiro atoms. The molecule has 0 radical (unpaired) electrons. The SMILES string of the molecule is COc1ccccc1CCC(=O)N1CCc2nc([C@@H]3CCCN3)ncc2C1. The van der Waals surface area contributed by atoms with E-state index >= 15 is 0 Å². The lowest BCUT2D eigenvalue weighted by Crippen LogP contribution is -2.37. The van der Waals surface area contributed by atoms with Gasteiger partial charge in [0.2, 0.25) is 5.91 Å². The van der Waals surface area contributed by atoms with E-state index in [4.69, 9.17) is 9.72 Å². The minimum Gasteiger partial charge on any atom is -0.496 e. The van der Waals surface area contributed by atoms with Crippen molar-refractivity contribution in [1.82, 2.24) is 20.2 Å². The molecule has 1 atom stereocenters. The summed E-state index contributed by atoms with van der Waals surface area (Å²) in [7, 11) is 1.66. The molecule has 1 N–H and O–H groups in total. The van der Waals surface area contributed by atoms with Gasteiger partial charge in [0.1, 0.15) is 11.6 Å². The van der Waals surface area contributed by atoms with E-state index in [1.807, 2.05) is 35.4 Å². The summed E-state index contributed by atoms with van der Waals surface area (Å²) < 4.78 is 5.38. The van der Waals surface area contributed by atoms with Gasteiger partial charge in [-0.25, -0.2) is 9.97 Å². The van der Waals surface area contributed by atoms with Gasteiger partial charge in [0, 0.05) is 37.7 Å². The Labute approximate surface area is 160 Å². The molecule has 3 heterocycles. The van der Waals surface area contributed by atoms with Gasteiger partial charge in [0.25, 0.3) is 0 Å². The molecule has 0 unspecified atom stereocenters. The third-order valence-electron chi connectivity index (χ3n) is 5.48. The van der Waals surface area contributed by atoms with Crippen molar-refractivity contribution in [3.05, 3.63) is 53.1 Å². The number of nitrogens with one attached hydrogen (secondary N) is 1. The summed E-state index contributed by atoms with van der Waals surface area (Å²) in [5.74, 6) is 1.92. The van der Waals surface area contributed by atoms with Crippen LogP contribution < -0.4 is 10.1 Å². The minimum atomic E-state index is 0.174. The molecule has 2 aliphatic rings. The van der Waals surface area contributed by atoms with Gasteiger partial charge in [0.05, 0.1) is 18.8 Å². The number of rotatable bonds is 5. The van der Waals surface area contributed by atoms with Crippen LogP contribution in [-0.2, 0) is 24.2 Å². The highest BCUT2D eigenvalue weighted by atomic mass is 16.5. The lowest BCUT2D eigenvalue weighted by molar-refractivity contribution is -0.132. The number of hydrogen-bond donors (Lipinski definition) is 1. The molecule has 1 aromatic carbocycles. The summed E-state index contributed by atoms with van der Waals surface area (Å²) in [6.45, 7) is 2.38. The van der Waals surface area contributed by atoms with Crippen LogP contribution in [0, 0.1) is 0 Å². The van der Waals surface area contributed by atoms with E-state index < -0.39 is 0 Å². The summed E-state index contributed by atoms with van der Waals surface area (Å²) >= 11 is 0. The molecule has 2 aliphatic heterocycles. The molecule has 0 aliphatic carbocycles. The van der Waals surface area contributed by atoms with E-state index in [0.29, 0.717) is 19.4 Å². The molecule has 142 valence electrons. The predicted molar refractivity (Wildman–Crippen MR) is 102 cm³/mol. The first-order chi connectivity index (χ1) is 13.2. The zero-order chi connectivity index (χ0) is 18.6. The Kier molecular flexibility index (Phi) is 5.34. The van der Waals surface area contributed by atoms with Crippen LogP contribution >= 0.6 is 0 Å². The first kappa shape index (κ1) is 17.9. The smallest absolute Gasteiger partial charge is 0.223 e. The van der Waals surface area contributed by atoms with E-state index in [1.165, 1.54) is 6.42 Å². The third-order valence-corrected chi connectivity index (χ3v) is 5.48. The number of methoxy groups -OCH3 is 1. The molecule has 0 bridgehead atoms. The monoisotopic (exact) mass is 366 g/mol. The highest BCUT2D eigenvalue weighted by molar-refractivity contribution is 5.76. The first-order valence-corrected chi connectivity index (χ1v) is 9.72. The van der Waals surface area contributed by atoms with Gasteiger partial charge >= 0.3 is 0 Å². The van der Waals surface area contributed by atoms with Crippen LogP contribution in [0.2, 0.25) is 0 Å². The van der Waals surface area contributed by atoms with E-state index in [0.717, 1.165) is 54.3 Å². The zero-order valence-electron chi connectivity index (χ0n) is 15.8. The van der Waals surface area contributed by atoms with Gasteiger partial charge in [0.15, 0.2) is 0 Å². The number of benzene rings is 1. The van der Waals surface area contributed by atoms with Crippen molar-refractivity contribution in [2.24, 2.45) is 0 Å². The van der Waals surface area contributed by atoms with Crippen LogP contribution in [0.5, 0.6) is 5.75 Å². The van der Waals surface area contributed by atoms with Crippen molar-refractivity contribution < 1.29 is 9.53 Å². The van der Waals surface area contributed by atoms with Crippen molar-refractivity contribution in [1.29, 1.82) is 0 Å². The van der Waals surface area contributed by atoms with Crippen molar-refractivity contribution >= 4 is 5.91 Å². The Morgan fingerprint density at radius 2 is 2.26 bits per heavy atom.